The topological polar surface area (TPSA) is 97.3 Å². The van der Waals surface area contributed by atoms with E-state index in [2.05, 4.69) is 0 Å². The van der Waals surface area contributed by atoms with Crippen LogP contribution < -0.4 is 16.8 Å². The van der Waals surface area contributed by atoms with Gasteiger partial charge in [0, 0.05) is 30.2 Å². The number of hydrogen-bond donors (Lipinski definition) is 3. The Kier molecular flexibility index (Phi) is 3.40. The van der Waals surface area contributed by atoms with Gasteiger partial charge in [0.05, 0.1) is 0 Å². The zero-order valence-electron chi connectivity index (χ0n) is 9.59. The predicted octanol–water partition coefficient (Wildman–Crippen LogP) is 0.0792. The van der Waals surface area contributed by atoms with E-state index in [0.717, 1.165) is 5.39 Å². The molecular weight excluding hydrogens is 234 g/mol. The van der Waals surface area contributed by atoms with Crippen LogP contribution in [-0.4, -0.2) is 22.2 Å². The van der Waals surface area contributed by atoms with Gasteiger partial charge in [0.1, 0.15) is 0 Å². The second-order valence-electron chi connectivity index (χ2n) is 3.85. The van der Waals surface area contributed by atoms with Crippen LogP contribution in [-0.2, 0) is 6.54 Å². The number of benzene rings is 1. The summed E-state index contributed by atoms with van der Waals surface area (Å²) in [4.78, 5) is 23.4. The second kappa shape index (κ2) is 4.99. The van der Waals surface area contributed by atoms with Gasteiger partial charge in [0.25, 0.3) is 11.5 Å². The van der Waals surface area contributed by atoms with E-state index >= 15 is 0 Å². The Morgan fingerprint density at radius 3 is 2.83 bits per heavy atom. The number of rotatable bonds is 3. The average molecular weight is 247 g/mol. The van der Waals surface area contributed by atoms with Crippen LogP contribution in [0.5, 0.6) is 0 Å². The smallest absolute Gasteiger partial charge is 0.274 e. The van der Waals surface area contributed by atoms with Crippen LogP contribution in [0, 0.1) is 0 Å². The number of pyridine rings is 1. The number of hydroxylamine groups is 1. The molecule has 6 heteroatoms. The average Bonchev–Trinajstić information content (AvgIpc) is 2.41. The minimum atomic E-state index is -0.648. The summed E-state index contributed by atoms with van der Waals surface area (Å²) in [5.41, 5.74) is 6.98. The molecule has 0 unspecified atom stereocenters. The third-order valence-corrected chi connectivity index (χ3v) is 2.71. The van der Waals surface area contributed by atoms with Crippen LogP contribution in [0.3, 0.4) is 0 Å². The third-order valence-electron chi connectivity index (χ3n) is 2.71. The summed E-state index contributed by atoms with van der Waals surface area (Å²) < 4.78 is 1.49. The molecule has 0 fully saturated rings. The van der Waals surface area contributed by atoms with Crippen LogP contribution in [0.25, 0.3) is 10.8 Å². The Hall–Kier alpha value is -2.18. The molecule has 0 radical (unpaired) electrons. The number of carbonyl (C=O) groups excluding carboxylic acids is 1. The Balaban J connectivity index is 2.63. The SMILES string of the molecule is NCCn1ccc2ccc(C(=O)NO)cc2c1=O. The molecule has 1 amide bonds. The highest BCUT2D eigenvalue weighted by molar-refractivity contribution is 5.97. The zero-order valence-corrected chi connectivity index (χ0v) is 9.59. The monoisotopic (exact) mass is 247 g/mol. The van der Waals surface area contributed by atoms with Crippen molar-refractivity contribution in [3.63, 3.8) is 0 Å². The number of nitrogens with one attached hydrogen (secondary N) is 1. The molecule has 0 aliphatic rings. The van der Waals surface area contributed by atoms with E-state index in [1.165, 1.54) is 16.1 Å². The number of nitrogens with zero attached hydrogens (tertiary/aromatic N) is 1. The fourth-order valence-electron chi connectivity index (χ4n) is 1.80. The van der Waals surface area contributed by atoms with E-state index in [9.17, 15) is 9.59 Å². The fraction of sp³-hybridized carbons (Fsp3) is 0.167. The van der Waals surface area contributed by atoms with Gasteiger partial charge >= 0.3 is 0 Å². The van der Waals surface area contributed by atoms with Gasteiger partial charge in [0.2, 0.25) is 0 Å². The van der Waals surface area contributed by atoms with E-state index < -0.39 is 5.91 Å². The molecule has 1 aromatic carbocycles. The Labute approximate surface area is 103 Å². The highest BCUT2D eigenvalue weighted by Gasteiger charge is 2.08. The normalized spacial score (nSPS) is 10.6. The molecule has 0 saturated heterocycles. The van der Waals surface area contributed by atoms with Crippen molar-refractivity contribution in [2.45, 2.75) is 6.54 Å². The lowest BCUT2D eigenvalue weighted by atomic mass is 10.1. The van der Waals surface area contributed by atoms with Crippen molar-refractivity contribution in [1.82, 2.24) is 10.0 Å². The summed E-state index contributed by atoms with van der Waals surface area (Å²) in [7, 11) is 0. The molecule has 0 saturated carbocycles. The number of nitrogens with two attached hydrogens (primary N) is 1. The second-order valence-corrected chi connectivity index (χ2v) is 3.85. The summed E-state index contributed by atoms with van der Waals surface area (Å²) in [6.45, 7) is 0.785. The van der Waals surface area contributed by atoms with Crippen LogP contribution >= 0.6 is 0 Å². The molecule has 0 aliphatic heterocycles. The molecule has 1 heterocycles. The van der Waals surface area contributed by atoms with E-state index in [1.807, 2.05) is 0 Å². The molecule has 0 atom stereocenters. The third kappa shape index (κ3) is 2.11. The molecule has 18 heavy (non-hydrogen) atoms. The van der Waals surface area contributed by atoms with Gasteiger partial charge in [-0.1, -0.05) is 6.07 Å². The quantitative estimate of drug-likeness (QED) is 0.528. The van der Waals surface area contributed by atoms with Crippen molar-refractivity contribution in [1.29, 1.82) is 0 Å². The van der Waals surface area contributed by atoms with Crippen LogP contribution in [0.1, 0.15) is 10.4 Å². The van der Waals surface area contributed by atoms with Crippen molar-refractivity contribution in [3.8, 4) is 0 Å². The zero-order chi connectivity index (χ0) is 13.1. The number of fused-ring (bicyclic) bond motifs is 1. The van der Waals surface area contributed by atoms with Crippen LogP contribution in [0.4, 0.5) is 0 Å². The maximum atomic E-state index is 12.1. The van der Waals surface area contributed by atoms with Gasteiger partial charge in [-0.3, -0.25) is 14.8 Å². The van der Waals surface area contributed by atoms with Gasteiger partial charge in [-0.15, -0.1) is 0 Å². The molecular formula is C12H13N3O3. The van der Waals surface area contributed by atoms with Gasteiger partial charge < -0.3 is 10.3 Å². The molecule has 0 spiro atoms. The van der Waals surface area contributed by atoms with Crippen LogP contribution in [0.2, 0.25) is 0 Å². The first-order chi connectivity index (χ1) is 8.67. The number of hydrogen-bond acceptors (Lipinski definition) is 4. The molecule has 0 bridgehead atoms. The van der Waals surface area contributed by atoms with Gasteiger partial charge in [0.15, 0.2) is 0 Å². The molecule has 2 rings (SSSR count). The molecule has 1 aromatic heterocycles. The summed E-state index contributed by atoms with van der Waals surface area (Å²) in [5.74, 6) is -0.648. The van der Waals surface area contributed by atoms with Crippen molar-refractivity contribution < 1.29 is 10.0 Å². The lowest BCUT2D eigenvalue weighted by Gasteiger charge is -2.06. The molecule has 2 aromatic rings. The molecule has 0 aliphatic carbocycles. The summed E-state index contributed by atoms with van der Waals surface area (Å²) >= 11 is 0. The highest BCUT2D eigenvalue weighted by atomic mass is 16.5. The van der Waals surface area contributed by atoms with E-state index in [4.69, 9.17) is 10.9 Å². The van der Waals surface area contributed by atoms with Gasteiger partial charge in [-0.05, 0) is 23.6 Å². The standard InChI is InChI=1S/C12H13N3O3/c13-4-6-15-5-3-8-1-2-9(11(16)14-18)7-10(8)12(15)17/h1-3,5,7,18H,4,6,13H2,(H,14,16). The number of aromatic nitrogens is 1. The lowest BCUT2D eigenvalue weighted by molar-refractivity contribution is 0.0706. The van der Waals surface area contributed by atoms with E-state index in [0.29, 0.717) is 18.5 Å². The molecule has 94 valence electrons. The van der Waals surface area contributed by atoms with Crippen molar-refractivity contribution in [2.75, 3.05) is 6.54 Å². The molecule has 6 nitrogen and oxygen atoms in total. The lowest BCUT2D eigenvalue weighted by Crippen LogP contribution is -2.24. The highest BCUT2D eigenvalue weighted by Crippen LogP contribution is 2.12. The van der Waals surface area contributed by atoms with E-state index in [1.54, 1.807) is 24.4 Å². The fourth-order valence-corrected chi connectivity index (χ4v) is 1.80. The predicted molar refractivity (Wildman–Crippen MR) is 66.5 cm³/mol. The van der Waals surface area contributed by atoms with Gasteiger partial charge in [-0.25, -0.2) is 5.48 Å². The summed E-state index contributed by atoms with van der Waals surface area (Å²) in [6.07, 6.45) is 1.67. The first-order valence-corrected chi connectivity index (χ1v) is 5.45. The largest absolute Gasteiger partial charge is 0.329 e. The van der Waals surface area contributed by atoms with E-state index in [-0.39, 0.29) is 11.1 Å². The first-order valence-electron chi connectivity index (χ1n) is 5.45. The summed E-state index contributed by atoms with van der Waals surface area (Å²) in [5, 5.41) is 9.73. The van der Waals surface area contributed by atoms with Crippen LogP contribution in [0.15, 0.2) is 35.3 Å². The van der Waals surface area contributed by atoms with Crippen molar-refractivity contribution >= 4 is 16.7 Å². The first kappa shape index (κ1) is 12.3. The minimum Gasteiger partial charge on any atom is -0.329 e. The van der Waals surface area contributed by atoms with Crippen molar-refractivity contribution in [2.24, 2.45) is 5.73 Å². The number of amides is 1. The Morgan fingerprint density at radius 1 is 1.39 bits per heavy atom. The maximum absolute atomic E-state index is 12.1. The molecule has 4 N–H and O–H groups in total. The number of carbonyl (C=O) groups is 1. The maximum Gasteiger partial charge on any atom is 0.274 e. The Morgan fingerprint density at radius 2 is 2.17 bits per heavy atom. The minimum absolute atomic E-state index is 0.203. The van der Waals surface area contributed by atoms with Gasteiger partial charge in [-0.2, -0.15) is 0 Å². The summed E-state index contributed by atoms with van der Waals surface area (Å²) in [6, 6.07) is 6.44. The van der Waals surface area contributed by atoms with Crippen molar-refractivity contribution in [3.05, 3.63) is 46.4 Å². The Bertz CT molecular complexity index is 649.